The van der Waals surface area contributed by atoms with Gasteiger partial charge in [0.05, 0.1) is 16.8 Å². The van der Waals surface area contributed by atoms with Crippen LogP contribution in [0.2, 0.25) is 0 Å². The van der Waals surface area contributed by atoms with E-state index in [0.29, 0.717) is 29.2 Å². The third kappa shape index (κ3) is 4.22. The van der Waals surface area contributed by atoms with E-state index in [1.54, 1.807) is 18.2 Å². The van der Waals surface area contributed by atoms with E-state index >= 15 is 0 Å². The smallest absolute Gasteiger partial charge is 0.224 e. The number of Topliss-reactive ketones (excluding diaryl/α,β-unsaturated/α-hetero) is 1. The number of aromatic nitrogens is 1. The summed E-state index contributed by atoms with van der Waals surface area (Å²) in [7, 11) is 0. The van der Waals surface area contributed by atoms with Crippen LogP contribution < -0.4 is 10.1 Å². The van der Waals surface area contributed by atoms with E-state index in [2.05, 4.69) is 10.5 Å². The van der Waals surface area contributed by atoms with Crippen molar-refractivity contribution < 1.29 is 18.8 Å². The van der Waals surface area contributed by atoms with Crippen LogP contribution in [0.1, 0.15) is 54.1 Å². The van der Waals surface area contributed by atoms with Gasteiger partial charge in [0.25, 0.3) is 0 Å². The summed E-state index contributed by atoms with van der Waals surface area (Å²) in [6, 6.07) is 5.05. The zero-order valence-corrected chi connectivity index (χ0v) is 14.4. The number of carbonyl (C=O) groups is 2. The molecule has 128 valence electrons. The van der Waals surface area contributed by atoms with Gasteiger partial charge in [-0.3, -0.25) is 9.59 Å². The third-order valence-corrected chi connectivity index (χ3v) is 3.67. The standard InChI is InChI=1S/C18H22N2O4/c1-5-6-18(22)19-14-7-8-17(15(9-14)12(3)21)23-10-16-11(2)20-24-13(16)4/h7-9H,5-6,10H2,1-4H3,(H,19,22). The monoisotopic (exact) mass is 330 g/mol. The third-order valence-electron chi connectivity index (χ3n) is 3.67. The van der Waals surface area contributed by atoms with Crippen molar-refractivity contribution in [2.75, 3.05) is 5.32 Å². The van der Waals surface area contributed by atoms with Gasteiger partial charge in [-0.05, 0) is 45.4 Å². The molecule has 0 saturated heterocycles. The van der Waals surface area contributed by atoms with Crippen LogP contribution >= 0.6 is 0 Å². The highest BCUT2D eigenvalue weighted by Crippen LogP contribution is 2.25. The number of anilines is 1. The van der Waals surface area contributed by atoms with E-state index in [9.17, 15) is 9.59 Å². The fourth-order valence-corrected chi connectivity index (χ4v) is 2.32. The van der Waals surface area contributed by atoms with Gasteiger partial charge < -0.3 is 14.6 Å². The minimum atomic E-state index is -0.129. The van der Waals surface area contributed by atoms with Crippen molar-refractivity contribution in [3.05, 3.63) is 40.8 Å². The molecule has 0 aliphatic rings. The Hall–Kier alpha value is -2.63. The molecule has 1 aromatic carbocycles. The van der Waals surface area contributed by atoms with Crippen LogP contribution in [0.25, 0.3) is 0 Å². The Morgan fingerprint density at radius 1 is 1.29 bits per heavy atom. The van der Waals surface area contributed by atoms with E-state index in [1.807, 2.05) is 20.8 Å². The summed E-state index contributed by atoms with van der Waals surface area (Å²) < 4.78 is 10.9. The number of aryl methyl sites for hydroxylation is 2. The van der Waals surface area contributed by atoms with E-state index in [4.69, 9.17) is 9.26 Å². The minimum Gasteiger partial charge on any atom is -0.488 e. The van der Waals surface area contributed by atoms with Gasteiger partial charge in [0.1, 0.15) is 18.1 Å². The van der Waals surface area contributed by atoms with Crippen LogP contribution in [0.4, 0.5) is 5.69 Å². The second-order valence-electron chi connectivity index (χ2n) is 5.66. The first-order chi connectivity index (χ1) is 11.4. The molecule has 0 unspecified atom stereocenters. The lowest BCUT2D eigenvalue weighted by molar-refractivity contribution is -0.116. The number of rotatable bonds is 7. The van der Waals surface area contributed by atoms with Gasteiger partial charge in [-0.15, -0.1) is 0 Å². The Balaban J connectivity index is 2.17. The Morgan fingerprint density at radius 3 is 2.62 bits per heavy atom. The molecule has 0 radical (unpaired) electrons. The van der Waals surface area contributed by atoms with Crippen molar-refractivity contribution in [3.8, 4) is 5.75 Å². The van der Waals surface area contributed by atoms with Crippen molar-refractivity contribution >= 4 is 17.4 Å². The summed E-state index contributed by atoms with van der Waals surface area (Å²) in [6.45, 7) is 7.33. The average molecular weight is 330 g/mol. The lowest BCUT2D eigenvalue weighted by Crippen LogP contribution is -2.11. The second kappa shape index (κ2) is 7.77. The molecule has 0 aliphatic heterocycles. The van der Waals surface area contributed by atoms with E-state index in [1.165, 1.54) is 6.92 Å². The maximum absolute atomic E-state index is 11.9. The summed E-state index contributed by atoms with van der Waals surface area (Å²) >= 11 is 0. The zero-order valence-electron chi connectivity index (χ0n) is 14.4. The summed E-state index contributed by atoms with van der Waals surface area (Å²) in [4.78, 5) is 23.6. The first-order valence-corrected chi connectivity index (χ1v) is 7.91. The number of ether oxygens (including phenoxy) is 1. The van der Waals surface area contributed by atoms with Crippen molar-refractivity contribution in [1.82, 2.24) is 5.16 Å². The molecule has 0 atom stereocenters. The lowest BCUT2D eigenvalue weighted by atomic mass is 10.1. The number of benzene rings is 1. The average Bonchev–Trinajstić information content (AvgIpc) is 2.85. The summed E-state index contributed by atoms with van der Waals surface area (Å²) in [6.07, 6.45) is 1.21. The lowest BCUT2D eigenvalue weighted by Gasteiger charge is -2.12. The normalized spacial score (nSPS) is 10.5. The molecule has 2 aromatic rings. The fraction of sp³-hybridized carbons (Fsp3) is 0.389. The molecule has 6 heteroatoms. The molecule has 0 bridgehead atoms. The molecular formula is C18H22N2O4. The van der Waals surface area contributed by atoms with Crippen LogP contribution in [0.3, 0.4) is 0 Å². The number of amides is 1. The highest BCUT2D eigenvalue weighted by molar-refractivity contribution is 5.99. The number of ketones is 1. The van der Waals surface area contributed by atoms with Crippen LogP contribution in [0.5, 0.6) is 5.75 Å². The van der Waals surface area contributed by atoms with Gasteiger partial charge in [-0.2, -0.15) is 0 Å². The van der Waals surface area contributed by atoms with Gasteiger partial charge in [-0.25, -0.2) is 0 Å². The van der Waals surface area contributed by atoms with Crippen molar-refractivity contribution in [1.29, 1.82) is 0 Å². The predicted octanol–water partition coefficient (Wildman–Crippen LogP) is 3.81. The first-order valence-electron chi connectivity index (χ1n) is 7.91. The highest BCUT2D eigenvalue weighted by atomic mass is 16.5. The maximum atomic E-state index is 11.9. The van der Waals surface area contributed by atoms with Crippen LogP contribution in [-0.2, 0) is 11.4 Å². The van der Waals surface area contributed by atoms with Crippen LogP contribution in [0, 0.1) is 13.8 Å². The van der Waals surface area contributed by atoms with E-state index in [0.717, 1.165) is 17.7 Å². The number of carbonyl (C=O) groups excluding carboxylic acids is 2. The minimum absolute atomic E-state index is 0.0728. The summed E-state index contributed by atoms with van der Waals surface area (Å²) in [5.74, 6) is 0.961. The SMILES string of the molecule is CCCC(=O)Nc1ccc(OCc2c(C)noc2C)c(C(C)=O)c1. The number of nitrogens with zero attached hydrogens (tertiary/aromatic N) is 1. The Morgan fingerprint density at radius 2 is 2.04 bits per heavy atom. The second-order valence-corrected chi connectivity index (χ2v) is 5.66. The van der Waals surface area contributed by atoms with Gasteiger partial charge in [0.2, 0.25) is 5.91 Å². The zero-order chi connectivity index (χ0) is 17.7. The van der Waals surface area contributed by atoms with Crippen molar-refractivity contribution in [2.24, 2.45) is 0 Å². The molecule has 1 heterocycles. The van der Waals surface area contributed by atoms with Crippen LogP contribution in [-0.4, -0.2) is 16.8 Å². The molecule has 0 spiro atoms. The van der Waals surface area contributed by atoms with Crippen molar-refractivity contribution in [3.63, 3.8) is 0 Å². The number of nitrogens with one attached hydrogen (secondary N) is 1. The van der Waals surface area contributed by atoms with Gasteiger partial charge in [0, 0.05) is 12.1 Å². The van der Waals surface area contributed by atoms with Gasteiger partial charge >= 0.3 is 0 Å². The number of hydrogen-bond donors (Lipinski definition) is 1. The first kappa shape index (κ1) is 17.7. The molecule has 1 aromatic heterocycles. The van der Waals surface area contributed by atoms with Crippen LogP contribution in [0.15, 0.2) is 22.7 Å². The fourth-order valence-electron chi connectivity index (χ4n) is 2.32. The molecule has 6 nitrogen and oxygen atoms in total. The van der Waals surface area contributed by atoms with E-state index < -0.39 is 0 Å². The Labute approximate surface area is 141 Å². The Kier molecular flexibility index (Phi) is 5.73. The molecule has 0 aliphatic carbocycles. The number of hydrogen-bond acceptors (Lipinski definition) is 5. The van der Waals surface area contributed by atoms with Crippen molar-refractivity contribution in [2.45, 2.75) is 47.1 Å². The molecule has 0 saturated carbocycles. The summed E-state index contributed by atoms with van der Waals surface area (Å²) in [5, 5.41) is 6.66. The van der Waals surface area contributed by atoms with Gasteiger partial charge in [-0.1, -0.05) is 12.1 Å². The topological polar surface area (TPSA) is 81.4 Å². The largest absolute Gasteiger partial charge is 0.488 e. The molecule has 0 fully saturated rings. The molecular weight excluding hydrogens is 308 g/mol. The summed E-state index contributed by atoms with van der Waals surface area (Å²) in [5.41, 5.74) is 2.64. The van der Waals surface area contributed by atoms with Gasteiger partial charge in [0.15, 0.2) is 5.78 Å². The van der Waals surface area contributed by atoms with E-state index in [-0.39, 0.29) is 18.3 Å². The highest BCUT2D eigenvalue weighted by Gasteiger charge is 2.14. The maximum Gasteiger partial charge on any atom is 0.224 e. The molecule has 1 N–H and O–H groups in total. The molecule has 1 amide bonds. The Bertz CT molecular complexity index is 730. The molecule has 24 heavy (non-hydrogen) atoms. The quantitative estimate of drug-likeness (QED) is 0.781. The predicted molar refractivity (Wildman–Crippen MR) is 90.3 cm³/mol. The molecule has 2 rings (SSSR count).